The number of fused-ring (bicyclic) bond motifs is 1. The highest BCUT2D eigenvalue weighted by atomic mass is 35.5. The molecule has 0 saturated heterocycles. The van der Waals surface area contributed by atoms with Gasteiger partial charge in [-0.05, 0) is 30.3 Å². The van der Waals surface area contributed by atoms with Gasteiger partial charge in [0.1, 0.15) is 0 Å². The zero-order chi connectivity index (χ0) is 17.3. The molecular weight excluding hydrogens is 349 g/mol. The van der Waals surface area contributed by atoms with Crippen molar-refractivity contribution in [1.82, 2.24) is 0 Å². The van der Waals surface area contributed by atoms with Gasteiger partial charge < -0.3 is 20.1 Å². The Morgan fingerprint density at radius 3 is 2.54 bits per heavy atom. The summed E-state index contributed by atoms with van der Waals surface area (Å²) >= 11 is 5.82. The molecular formula is C15H10ClF3N2O3. The van der Waals surface area contributed by atoms with Crippen LogP contribution in [0.2, 0.25) is 5.02 Å². The first kappa shape index (κ1) is 16.3. The molecule has 1 heterocycles. The molecule has 2 N–H and O–H groups in total. The smallest absolute Gasteiger partial charge is 0.416 e. The van der Waals surface area contributed by atoms with Crippen molar-refractivity contribution < 1.29 is 27.4 Å². The summed E-state index contributed by atoms with van der Waals surface area (Å²) in [5, 5.41) is 4.75. The van der Waals surface area contributed by atoms with E-state index in [1.165, 1.54) is 6.07 Å². The molecule has 2 aromatic carbocycles. The van der Waals surface area contributed by atoms with E-state index >= 15 is 0 Å². The number of hydrogen-bond donors (Lipinski definition) is 2. The molecule has 1 aliphatic rings. The lowest BCUT2D eigenvalue weighted by Crippen LogP contribution is -2.20. The Morgan fingerprint density at radius 2 is 1.79 bits per heavy atom. The zero-order valence-corrected chi connectivity index (χ0v) is 12.7. The molecule has 3 rings (SSSR count). The molecule has 0 aromatic heterocycles. The van der Waals surface area contributed by atoms with Gasteiger partial charge in [-0.1, -0.05) is 11.6 Å². The van der Waals surface area contributed by atoms with E-state index in [0.717, 1.165) is 18.2 Å². The quantitative estimate of drug-likeness (QED) is 0.815. The number of hydrogen-bond acceptors (Lipinski definition) is 3. The van der Waals surface area contributed by atoms with Crippen LogP contribution in [0.3, 0.4) is 0 Å². The number of benzene rings is 2. The Kier molecular flexibility index (Phi) is 4.15. The van der Waals surface area contributed by atoms with Gasteiger partial charge in [0, 0.05) is 11.8 Å². The third kappa shape index (κ3) is 3.48. The molecule has 0 spiro atoms. The van der Waals surface area contributed by atoms with Gasteiger partial charge in [0.2, 0.25) is 6.79 Å². The van der Waals surface area contributed by atoms with Gasteiger partial charge in [-0.15, -0.1) is 0 Å². The Morgan fingerprint density at radius 1 is 1.04 bits per heavy atom. The molecule has 24 heavy (non-hydrogen) atoms. The lowest BCUT2D eigenvalue weighted by Gasteiger charge is -2.12. The number of halogens is 4. The van der Waals surface area contributed by atoms with Crippen LogP contribution in [-0.2, 0) is 6.18 Å². The van der Waals surface area contributed by atoms with Crippen molar-refractivity contribution in [1.29, 1.82) is 0 Å². The summed E-state index contributed by atoms with van der Waals surface area (Å²) in [4.78, 5) is 12.0. The normalized spacial score (nSPS) is 12.8. The summed E-state index contributed by atoms with van der Waals surface area (Å²) in [6, 6.07) is 6.65. The second kappa shape index (κ2) is 6.12. The number of rotatable bonds is 2. The topological polar surface area (TPSA) is 59.6 Å². The van der Waals surface area contributed by atoms with Crippen molar-refractivity contribution in [2.24, 2.45) is 0 Å². The minimum Gasteiger partial charge on any atom is -0.454 e. The summed E-state index contributed by atoms with van der Waals surface area (Å²) in [5.74, 6) is 1.01. The highest BCUT2D eigenvalue weighted by Crippen LogP contribution is 2.35. The van der Waals surface area contributed by atoms with Crippen molar-refractivity contribution in [2.45, 2.75) is 6.18 Å². The van der Waals surface area contributed by atoms with E-state index in [9.17, 15) is 18.0 Å². The maximum absolute atomic E-state index is 12.7. The summed E-state index contributed by atoms with van der Waals surface area (Å²) in [6.45, 7) is 0.0881. The van der Waals surface area contributed by atoms with Crippen LogP contribution in [0.4, 0.5) is 29.3 Å². The second-order valence-electron chi connectivity index (χ2n) is 4.84. The molecule has 5 nitrogen and oxygen atoms in total. The van der Waals surface area contributed by atoms with Crippen LogP contribution in [0.5, 0.6) is 11.5 Å². The summed E-state index contributed by atoms with van der Waals surface area (Å²) in [6.07, 6.45) is -4.53. The molecule has 9 heteroatoms. The maximum atomic E-state index is 12.7. The van der Waals surface area contributed by atoms with Gasteiger partial charge in [-0.3, -0.25) is 0 Å². The first-order valence-corrected chi connectivity index (χ1v) is 7.05. The number of urea groups is 1. The van der Waals surface area contributed by atoms with E-state index in [0.29, 0.717) is 17.2 Å². The number of nitrogens with one attached hydrogen (secondary N) is 2. The number of carbonyl (C=O) groups is 1. The van der Waals surface area contributed by atoms with E-state index in [1.807, 2.05) is 0 Å². The average Bonchev–Trinajstić information content (AvgIpc) is 2.96. The molecule has 0 bridgehead atoms. The summed E-state index contributed by atoms with van der Waals surface area (Å²) in [5.41, 5.74) is -0.671. The van der Waals surface area contributed by atoms with Crippen LogP contribution < -0.4 is 20.1 Å². The van der Waals surface area contributed by atoms with Crippen molar-refractivity contribution in [2.75, 3.05) is 17.4 Å². The molecule has 0 saturated carbocycles. The van der Waals surface area contributed by atoms with Crippen molar-refractivity contribution in [3.8, 4) is 11.5 Å². The van der Waals surface area contributed by atoms with Crippen LogP contribution in [0.1, 0.15) is 5.56 Å². The van der Waals surface area contributed by atoms with E-state index < -0.39 is 17.8 Å². The minimum absolute atomic E-state index is 0.0103. The van der Waals surface area contributed by atoms with E-state index in [4.69, 9.17) is 21.1 Å². The average molecular weight is 359 g/mol. The van der Waals surface area contributed by atoms with Crippen molar-refractivity contribution in [3.05, 3.63) is 47.0 Å². The molecule has 0 fully saturated rings. The Hall–Kier alpha value is -2.61. The lowest BCUT2D eigenvalue weighted by atomic mass is 10.2. The molecule has 0 atom stereocenters. The lowest BCUT2D eigenvalue weighted by molar-refractivity contribution is -0.137. The van der Waals surface area contributed by atoms with Gasteiger partial charge in [-0.2, -0.15) is 13.2 Å². The molecule has 0 aliphatic carbocycles. The third-order valence-electron chi connectivity index (χ3n) is 3.17. The largest absolute Gasteiger partial charge is 0.454 e. The third-order valence-corrected chi connectivity index (χ3v) is 3.50. The number of carbonyl (C=O) groups excluding carboxylic acids is 1. The monoisotopic (exact) mass is 358 g/mol. The predicted molar refractivity (Wildman–Crippen MR) is 81.7 cm³/mol. The van der Waals surface area contributed by atoms with Gasteiger partial charge in [0.15, 0.2) is 11.5 Å². The van der Waals surface area contributed by atoms with Crippen molar-refractivity contribution >= 4 is 29.0 Å². The molecule has 126 valence electrons. The van der Waals surface area contributed by atoms with Gasteiger partial charge in [0.05, 0.1) is 16.3 Å². The number of anilines is 2. The molecule has 0 radical (unpaired) electrons. The molecule has 1 aliphatic heterocycles. The highest BCUT2D eigenvalue weighted by Gasteiger charge is 2.31. The second-order valence-corrected chi connectivity index (χ2v) is 5.25. The molecule has 0 unspecified atom stereocenters. The van der Waals surface area contributed by atoms with Gasteiger partial charge >= 0.3 is 12.2 Å². The van der Waals surface area contributed by atoms with E-state index in [2.05, 4.69) is 10.6 Å². The number of amides is 2. The van der Waals surface area contributed by atoms with Crippen LogP contribution in [0, 0.1) is 0 Å². The van der Waals surface area contributed by atoms with Gasteiger partial charge in [-0.25, -0.2) is 4.79 Å². The standard InChI is InChI=1S/C15H10ClF3N2O3/c16-10-3-1-8(15(17,18)19)5-11(10)21-14(22)20-9-2-4-12-13(6-9)24-7-23-12/h1-6H,7H2,(H2,20,21,22). The summed E-state index contributed by atoms with van der Waals surface area (Å²) in [7, 11) is 0. The SMILES string of the molecule is O=C(Nc1ccc2c(c1)OCO2)Nc1cc(C(F)(F)F)ccc1Cl. The van der Waals surface area contributed by atoms with E-state index in [1.54, 1.807) is 12.1 Å². The fourth-order valence-corrected chi connectivity index (χ4v) is 2.22. The number of ether oxygens (including phenoxy) is 2. The van der Waals surface area contributed by atoms with Crippen LogP contribution >= 0.6 is 11.6 Å². The predicted octanol–water partition coefficient (Wildman–Crippen LogP) is 4.73. The fraction of sp³-hybridized carbons (Fsp3) is 0.133. The Labute approximate surface area is 139 Å². The first-order chi connectivity index (χ1) is 11.3. The molecule has 2 amide bonds. The minimum atomic E-state index is -4.53. The number of alkyl halides is 3. The fourth-order valence-electron chi connectivity index (χ4n) is 2.06. The Bertz CT molecular complexity index is 796. The van der Waals surface area contributed by atoms with E-state index in [-0.39, 0.29) is 17.5 Å². The maximum Gasteiger partial charge on any atom is 0.416 e. The van der Waals surface area contributed by atoms with Crippen LogP contribution in [-0.4, -0.2) is 12.8 Å². The van der Waals surface area contributed by atoms with Crippen LogP contribution in [0.25, 0.3) is 0 Å². The van der Waals surface area contributed by atoms with Crippen LogP contribution in [0.15, 0.2) is 36.4 Å². The highest BCUT2D eigenvalue weighted by molar-refractivity contribution is 6.33. The van der Waals surface area contributed by atoms with Crippen molar-refractivity contribution in [3.63, 3.8) is 0 Å². The zero-order valence-electron chi connectivity index (χ0n) is 11.9. The first-order valence-electron chi connectivity index (χ1n) is 6.67. The summed E-state index contributed by atoms with van der Waals surface area (Å²) < 4.78 is 48.5. The Balaban J connectivity index is 1.73. The van der Waals surface area contributed by atoms with Gasteiger partial charge in [0.25, 0.3) is 0 Å². The molecule has 2 aromatic rings.